The van der Waals surface area contributed by atoms with Gasteiger partial charge in [-0.05, 0) is 45.8 Å². The average molecular weight is 383 g/mol. The lowest BCUT2D eigenvalue weighted by atomic mass is 9.93. The number of alkyl halides is 2. The summed E-state index contributed by atoms with van der Waals surface area (Å²) in [5.41, 5.74) is -1.36. The number of aromatic nitrogens is 1. The minimum absolute atomic E-state index is 0.0616. The molecule has 2 N–H and O–H groups in total. The van der Waals surface area contributed by atoms with Crippen molar-refractivity contribution >= 4 is 21.9 Å². The van der Waals surface area contributed by atoms with E-state index in [0.717, 1.165) is 12.1 Å². The first kappa shape index (κ1) is 17.0. The molecule has 1 aromatic heterocycles. The zero-order valence-electron chi connectivity index (χ0n) is 11.4. The van der Waals surface area contributed by atoms with E-state index in [1.165, 1.54) is 12.1 Å². The summed E-state index contributed by atoms with van der Waals surface area (Å²) in [6.45, 7) is 0. The van der Waals surface area contributed by atoms with Gasteiger partial charge in [0.15, 0.2) is 0 Å². The number of aliphatic hydroxyl groups is 1. The number of hydrogen-bond donors (Lipinski definition) is 2. The van der Waals surface area contributed by atoms with Crippen LogP contribution in [0.15, 0.2) is 41.0 Å². The number of carboxylic acids is 1. The Bertz CT molecular complexity index is 806. The topological polar surface area (TPSA) is 94.2 Å². The van der Waals surface area contributed by atoms with E-state index in [-0.39, 0.29) is 16.8 Å². The maximum atomic E-state index is 14.0. The Labute approximate surface area is 138 Å². The number of nitriles is 1. The lowest BCUT2D eigenvalue weighted by Crippen LogP contribution is -2.28. The molecule has 118 valence electrons. The van der Waals surface area contributed by atoms with Crippen LogP contribution in [0.5, 0.6) is 0 Å². The molecule has 0 saturated carbocycles. The van der Waals surface area contributed by atoms with Crippen molar-refractivity contribution in [2.24, 2.45) is 0 Å². The summed E-state index contributed by atoms with van der Waals surface area (Å²) in [6, 6.07) is 9.28. The summed E-state index contributed by atoms with van der Waals surface area (Å²) in [5, 5.41) is 27.9. The summed E-state index contributed by atoms with van der Waals surface area (Å²) in [7, 11) is 0. The molecule has 0 bridgehead atoms. The van der Waals surface area contributed by atoms with Gasteiger partial charge < -0.3 is 10.2 Å². The summed E-state index contributed by atoms with van der Waals surface area (Å²) in [6.07, 6.45) is -1.57. The third-order valence-corrected chi connectivity index (χ3v) is 3.54. The van der Waals surface area contributed by atoms with Crippen molar-refractivity contribution in [1.29, 1.82) is 5.26 Å². The summed E-state index contributed by atoms with van der Waals surface area (Å²) >= 11 is 3.10. The average Bonchev–Trinajstić information content (AvgIpc) is 2.53. The molecule has 8 heteroatoms. The van der Waals surface area contributed by atoms with Crippen LogP contribution >= 0.6 is 15.9 Å². The molecule has 1 heterocycles. The number of benzene rings is 1. The van der Waals surface area contributed by atoms with Gasteiger partial charge in [-0.15, -0.1) is 0 Å². The van der Waals surface area contributed by atoms with Crippen molar-refractivity contribution in [1.82, 2.24) is 4.98 Å². The molecule has 0 fully saturated rings. The van der Waals surface area contributed by atoms with Crippen molar-refractivity contribution in [2.75, 3.05) is 0 Å². The lowest BCUT2D eigenvalue weighted by molar-refractivity contribution is -0.166. The number of rotatable bonds is 4. The van der Waals surface area contributed by atoms with Gasteiger partial charge in [-0.1, -0.05) is 12.1 Å². The van der Waals surface area contributed by atoms with Gasteiger partial charge in [0.1, 0.15) is 10.7 Å². The Morgan fingerprint density at radius 1 is 1.35 bits per heavy atom. The van der Waals surface area contributed by atoms with E-state index in [1.807, 2.05) is 0 Å². The number of aliphatic hydroxyl groups excluding tert-OH is 1. The Morgan fingerprint density at radius 3 is 2.61 bits per heavy atom. The van der Waals surface area contributed by atoms with Gasteiger partial charge in [0.05, 0.1) is 17.3 Å². The standard InChI is InChI=1S/C15H9BrF2N2O3/c16-12-3-1-2-11(20-12)13(21)9-5-4-8(7-19)6-10(9)15(17,18)14(22)23/h1-6,13,21H,(H,22,23). The quantitative estimate of drug-likeness (QED) is 0.792. The molecule has 0 radical (unpaired) electrons. The highest BCUT2D eigenvalue weighted by atomic mass is 79.9. The van der Waals surface area contributed by atoms with Crippen LogP contribution in [0.2, 0.25) is 0 Å². The second-order valence-corrected chi connectivity index (χ2v) is 5.39. The van der Waals surface area contributed by atoms with E-state index in [4.69, 9.17) is 10.4 Å². The summed E-state index contributed by atoms with van der Waals surface area (Å²) < 4.78 is 28.3. The van der Waals surface area contributed by atoms with Gasteiger partial charge >= 0.3 is 11.9 Å². The number of hydrogen-bond acceptors (Lipinski definition) is 4. The molecule has 0 saturated heterocycles. The number of halogens is 3. The van der Waals surface area contributed by atoms with Crippen molar-refractivity contribution in [3.8, 4) is 6.07 Å². The van der Waals surface area contributed by atoms with Crippen molar-refractivity contribution in [3.63, 3.8) is 0 Å². The van der Waals surface area contributed by atoms with Crippen molar-refractivity contribution in [2.45, 2.75) is 12.0 Å². The van der Waals surface area contributed by atoms with Crippen LogP contribution in [0.4, 0.5) is 8.78 Å². The summed E-state index contributed by atoms with van der Waals surface area (Å²) in [4.78, 5) is 14.8. The van der Waals surface area contributed by atoms with E-state index < -0.39 is 23.6 Å². The third kappa shape index (κ3) is 3.36. The lowest BCUT2D eigenvalue weighted by Gasteiger charge is -2.20. The second kappa shape index (κ2) is 6.40. The van der Waals surface area contributed by atoms with Gasteiger partial charge in [0, 0.05) is 5.56 Å². The SMILES string of the molecule is N#Cc1ccc(C(O)c2cccc(Br)n2)c(C(F)(F)C(=O)O)c1. The third-order valence-electron chi connectivity index (χ3n) is 3.10. The number of carbonyl (C=O) groups is 1. The Morgan fingerprint density at radius 2 is 2.04 bits per heavy atom. The molecule has 2 rings (SSSR count). The second-order valence-electron chi connectivity index (χ2n) is 4.58. The highest BCUT2D eigenvalue weighted by Crippen LogP contribution is 2.36. The highest BCUT2D eigenvalue weighted by Gasteiger charge is 2.44. The van der Waals surface area contributed by atoms with Crippen LogP contribution in [0, 0.1) is 11.3 Å². The number of aliphatic carboxylic acids is 1. The molecular formula is C15H9BrF2N2O3. The molecule has 0 amide bonds. The molecule has 1 unspecified atom stereocenters. The predicted molar refractivity (Wildman–Crippen MR) is 78.7 cm³/mol. The molecule has 0 spiro atoms. The first-order chi connectivity index (χ1) is 10.8. The maximum absolute atomic E-state index is 14.0. The molecule has 1 aromatic carbocycles. The Hall–Kier alpha value is -2.37. The Kier molecular flexibility index (Phi) is 4.73. The van der Waals surface area contributed by atoms with Gasteiger partial charge in [-0.2, -0.15) is 14.0 Å². The van der Waals surface area contributed by atoms with Crippen LogP contribution in [-0.4, -0.2) is 21.2 Å². The normalized spacial score (nSPS) is 12.5. The zero-order chi connectivity index (χ0) is 17.2. The molecule has 0 aliphatic carbocycles. The van der Waals surface area contributed by atoms with E-state index in [1.54, 1.807) is 18.2 Å². The number of pyridine rings is 1. The first-order valence-electron chi connectivity index (χ1n) is 6.23. The Balaban J connectivity index is 2.63. The van der Waals surface area contributed by atoms with Crippen LogP contribution < -0.4 is 0 Å². The van der Waals surface area contributed by atoms with E-state index >= 15 is 0 Å². The fraction of sp³-hybridized carbons (Fsp3) is 0.133. The van der Waals surface area contributed by atoms with E-state index in [0.29, 0.717) is 4.60 Å². The molecule has 5 nitrogen and oxygen atoms in total. The maximum Gasteiger partial charge on any atom is 0.379 e. The predicted octanol–water partition coefficient (Wildman–Crippen LogP) is 2.97. The van der Waals surface area contributed by atoms with Crippen LogP contribution in [-0.2, 0) is 10.7 Å². The summed E-state index contributed by atoms with van der Waals surface area (Å²) in [5.74, 6) is -6.63. The monoisotopic (exact) mass is 382 g/mol. The van der Waals surface area contributed by atoms with Gasteiger partial charge in [0.2, 0.25) is 0 Å². The minimum Gasteiger partial charge on any atom is -0.477 e. The van der Waals surface area contributed by atoms with Gasteiger partial charge in [-0.3, -0.25) is 0 Å². The number of nitrogens with zero attached hydrogens (tertiary/aromatic N) is 2. The van der Waals surface area contributed by atoms with Crippen LogP contribution in [0.25, 0.3) is 0 Å². The minimum atomic E-state index is -4.25. The van der Waals surface area contributed by atoms with Crippen molar-refractivity contribution < 1.29 is 23.8 Å². The molecular weight excluding hydrogens is 374 g/mol. The zero-order valence-corrected chi connectivity index (χ0v) is 13.0. The molecule has 23 heavy (non-hydrogen) atoms. The fourth-order valence-electron chi connectivity index (χ4n) is 1.99. The van der Waals surface area contributed by atoms with Gasteiger partial charge in [0.25, 0.3) is 0 Å². The smallest absolute Gasteiger partial charge is 0.379 e. The van der Waals surface area contributed by atoms with E-state index in [2.05, 4.69) is 20.9 Å². The van der Waals surface area contributed by atoms with Crippen LogP contribution in [0.3, 0.4) is 0 Å². The van der Waals surface area contributed by atoms with E-state index in [9.17, 15) is 18.7 Å². The molecule has 1 atom stereocenters. The largest absolute Gasteiger partial charge is 0.477 e. The molecule has 0 aliphatic heterocycles. The number of carboxylic acid groups (broad SMARTS) is 1. The van der Waals surface area contributed by atoms with Gasteiger partial charge in [-0.25, -0.2) is 9.78 Å². The van der Waals surface area contributed by atoms with Crippen LogP contribution in [0.1, 0.15) is 28.5 Å². The molecule has 2 aromatic rings. The molecule has 0 aliphatic rings. The van der Waals surface area contributed by atoms with Crippen molar-refractivity contribution in [3.05, 3.63) is 63.4 Å². The fourth-order valence-corrected chi connectivity index (χ4v) is 2.34. The highest BCUT2D eigenvalue weighted by molar-refractivity contribution is 9.10. The first-order valence-corrected chi connectivity index (χ1v) is 7.03.